The van der Waals surface area contributed by atoms with E-state index in [9.17, 15) is 9.79 Å². The van der Waals surface area contributed by atoms with E-state index in [2.05, 4.69) is 27.0 Å². The highest BCUT2D eigenvalue weighted by Crippen LogP contribution is 2.52. The Kier molecular flexibility index (Phi) is 5.99. The minimum atomic E-state index is -3.84. The van der Waals surface area contributed by atoms with Crippen LogP contribution in [0.15, 0.2) is 30.6 Å². The number of nitrogens with zero attached hydrogens (tertiary/aromatic N) is 4. The molecule has 1 atom stereocenters. The Bertz CT molecular complexity index is 1010. The summed E-state index contributed by atoms with van der Waals surface area (Å²) in [5.74, 6) is 0.806. The van der Waals surface area contributed by atoms with Gasteiger partial charge in [-0.2, -0.15) is 19.4 Å². The third-order valence-corrected chi connectivity index (χ3v) is 6.52. The molecule has 0 aromatic carbocycles. The molecular weight excluding hydrogens is 405 g/mol. The minimum absolute atomic E-state index is 0.102. The van der Waals surface area contributed by atoms with Gasteiger partial charge < -0.3 is 9.64 Å². The molecule has 1 saturated heterocycles. The van der Waals surface area contributed by atoms with Crippen molar-refractivity contribution in [2.24, 2.45) is 5.92 Å². The Labute approximate surface area is 175 Å². The lowest BCUT2D eigenvalue weighted by Crippen LogP contribution is -2.44. The molecule has 3 aromatic rings. The standard InChI is InChI=1S/C20H27N5O4P/c1-13(2)11-29-30(26,27)17-10-18(25-8-9-28-12-14(25)3)23-19-15(17)4-6-21-20(19)16-5-7-22-24-16/h4-7,10,13-14,26-27H,8-9,11-12H2,1-3H3,(H,22,24)/q+1/t14-/m1/s1. The van der Waals surface area contributed by atoms with Crippen LogP contribution in [0.2, 0.25) is 0 Å². The van der Waals surface area contributed by atoms with Gasteiger partial charge in [-0.3, -0.25) is 10.1 Å². The van der Waals surface area contributed by atoms with Crippen molar-refractivity contribution < 1.29 is 19.0 Å². The number of hydrogen-bond acceptors (Lipinski definition) is 8. The van der Waals surface area contributed by atoms with Crippen molar-refractivity contribution in [3.63, 3.8) is 0 Å². The van der Waals surface area contributed by atoms with Crippen LogP contribution in [0.4, 0.5) is 5.82 Å². The van der Waals surface area contributed by atoms with Gasteiger partial charge in [-0.15, -0.1) is 0 Å². The predicted molar refractivity (Wildman–Crippen MR) is 117 cm³/mol. The average molecular weight is 432 g/mol. The van der Waals surface area contributed by atoms with E-state index in [-0.39, 0.29) is 18.6 Å². The number of fused-ring (bicyclic) bond motifs is 1. The summed E-state index contributed by atoms with van der Waals surface area (Å²) in [6.45, 7) is 8.05. The van der Waals surface area contributed by atoms with Crippen LogP contribution in [0.25, 0.3) is 22.3 Å². The molecule has 1 fully saturated rings. The molecule has 3 N–H and O–H groups in total. The summed E-state index contributed by atoms with van der Waals surface area (Å²) in [5, 5.41) is 7.87. The number of pyridine rings is 2. The zero-order valence-electron chi connectivity index (χ0n) is 17.3. The van der Waals surface area contributed by atoms with Crippen LogP contribution < -0.4 is 10.2 Å². The Morgan fingerprint density at radius 2 is 2.17 bits per heavy atom. The molecule has 3 aromatic heterocycles. The van der Waals surface area contributed by atoms with Gasteiger partial charge in [-0.05, 0) is 25.0 Å². The summed E-state index contributed by atoms with van der Waals surface area (Å²) in [7, 11) is -3.84. The van der Waals surface area contributed by atoms with Crippen LogP contribution in [-0.2, 0) is 9.26 Å². The van der Waals surface area contributed by atoms with Crippen LogP contribution in [0, 0.1) is 5.92 Å². The second-order valence-corrected chi connectivity index (χ2v) is 9.70. The molecule has 4 rings (SSSR count). The van der Waals surface area contributed by atoms with Crippen LogP contribution in [-0.4, -0.2) is 62.4 Å². The highest BCUT2D eigenvalue weighted by molar-refractivity contribution is 7.68. The van der Waals surface area contributed by atoms with Crippen LogP contribution in [0.1, 0.15) is 20.8 Å². The first-order chi connectivity index (χ1) is 14.4. The monoisotopic (exact) mass is 432 g/mol. The SMILES string of the molecule is CC(C)CO[P+](O)(O)c1cc(N2CCOC[C@H]2C)nc2c(-c3ccn[nH]3)nccc12. The van der Waals surface area contributed by atoms with E-state index in [1.165, 1.54) is 0 Å². The van der Waals surface area contributed by atoms with Gasteiger partial charge in [0, 0.05) is 25.0 Å². The number of H-pyrrole nitrogens is 1. The van der Waals surface area contributed by atoms with Gasteiger partial charge in [-0.1, -0.05) is 13.8 Å². The van der Waals surface area contributed by atoms with E-state index in [1.807, 2.05) is 19.9 Å². The first-order valence-electron chi connectivity index (χ1n) is 10.0. The van der Waals surface area contributed by atoms with E-state index in [0.717, 1.165) is 0 Å². The summed E-state index contributed by atoms with van der Waals surface area (Å²) in [5.41, 5.74) is 1.86. The summed E-state index contributed by atoms with van der Waals surface area (Å²) in [4.78, 5) is 33.4. The number of morpholine rings is 1. The molecule has 160 valence electrons. The molecule has 0 unspecified atom stereocenters. The molecule has 0 amide bonds. The normalized spacial score (nSPS) is 17.8. The molecule has 0 radical (unpaired) electrons. The van der Waals surface area contributed by atoms with Gasteiger partial charge >= 0.3 is 7.94 Å². The molecule has 1 aliphatic rings. The highest BCUT2D eigenvalue weighted by Gasteiger charge is 2.43. The number of aromatic amines is 1. The Morgan fingerprint density at radius 3 is 2.87 bits per heavy atom. The largest absolute Gasteiger partial charge is 0.444 e. The van der Waals surface area contributed by atoms with Gasteiger partial charge in [0.05, 0.1) is 30.3 Å². The second kappa shape index (κ2) is 8.53. The maximum atomic E-state index is 11.0. The molecule has 0 spiro atoms. The van der Waals surface area contributed by atoms with Crippen molar-refractivity contribution in [3.05, 3.63) is 30.6 Å². The Hall–Kier alpha value is -2.16. The number of ether oxygens (including phenoxy) is 1. The first-order valence-corrected chi connectivity index (χ1v) is 11.6. The number of nitrogens with one attached hydrogen (secondary N) is 1. The second-order valence-electron chi connectivity index (χ2n) is 7.88. The van der Waals surface area contributed by atoms with Gasteiger partial charge in [0.15, 0.2) is 5.30 Å². The summed E-state index contributed by atoms with van der Waals surface area (Å²) in [6, 6.07) is 5.38. The van der Waals surface area contributed by atoms with E-state index in [0.29, 0.717) is 53.2 Å². The maximum absolute atomic E-state index is 11.0. The van der Waals surface area contributed by atoms with Crippen molar-refractivity contribution in [1.29, 1.82) is 0 Å². The zero-order valence-corrected chi connectivity index (χ0v) is 18.2. The fourth-order valence-corrected chi connectivity index (χ4v) is 4.91. The molecular formula is C20H27N5O4P+. The molecule has 9 nitrogen and oxygen atoms in total. The first kappa shape index (κ1) is 21.1. The van der Waals surface area contributed by atoms with Gasteiger partial charge in [0.25, 0.3) is 0 Å². The average Bonchev–Trinajstić information content (AvgIpc) is 3.26. The number of aromatic nitrogens is 4. The lowest BCUT2D eigenvalue weighted by atomic mass is 10.1. The summed E-state index contributed by atoms with van der Waals surface area (Å²) in [6.07, 6.45) is 3.27. The summed E-state index contributed by atoms with van der Waals surface area (Å²) < 4.78 is 11.1. The number of hydrogen-bond donors (Lipinski definition) is 3. The van der Waals surface area contributed by atoms with Crippen molar-refractivity contribution in [3.8, 4) is 11.4 Å². The minimum Gasteiger partial charge on any atom is -0.377 e. The molecule has 10 heteroatoms. The number of rotatable bonds is 6. The third kappa shape index (κ3) is 4.17. The quantitative estimate of drug-likeness (QED) is 0.508. The Balaban J connectivity index is 1.91. The van der Waals surface area contributed by atoms with Crippen molar-refractivity contribution in [1.82, 2.24) is 20.2 Å². The maximum Gasteiger partial charge on any atom is 0.444 e. The predicted octanol–water partition coefficient (Wildman–Crippen LogP) is 2.29. The third-order valence-electron chi connectivity index (χ3n) is 5.01. The molecule has 1 aliphatic heterocycles. The van der Waals surface area contributed by atoms with Gasteiger partial charge in [-0.25, -0.2) is 4.98 Å². The molecule has 0 aliphatic carbocycles. The molecule has 0 saturated carbocycles. The van der Waals surface area contributed by atoms with E-state index in [1.54, 1.807) is 24.5 Å². The fourth-order valence-electron chi connectivity index (χ4n) is 3.48. The highest BCUT2D eigenvalue weighted by atomic mass is 31.2. The topological polar surface area (TPSA) is 117 Å². The molecule has 30 heavy (non-hydrogen) atoms. The Morgan fingerprint density at radius 1 is 1.33 bits per heavy atom. The lowest BCUT2D eigenvalue weighted by molar-refractivity contribution is 0.0986. The molecule has 0 bridgehead atoms. The zero-order chi connectivity index (χ0) is 21.3. The number of anilines is 1. The van der Waals surface area contributed by atoms with Crippen molar-refractivity contribution in [2.75, 3.05) is 31.3 Å². The van der Waals surface area contributed by atoms with Crippen LogP contribution in [0.3, 0.4) is 0 Å². The molecule has 4 heterocycles. The van der Waals surface area contributed by atoms with Crippen LogP contribution in [0.5, 0.6) is 0 Å². The fraction of sp³-hybridized carbons (Fsp3) is 0.450. The van der Waals surface area contributed by atoms with Gasteiger partial charge in [0.1, 0.15) is 23.6 Å². The van der Waals surface area contributed by atoms with E-state index >= 15 is 0 Å². The van der Waals surface area contributed by atoms with E-state index in [4.69, 9.17) is 14.2 Å². The summed E-state index contributed by atoms with van der Waals surface area (Å²) >= 11 is 0. The van der Waals surface area contributed by atoms with E-state index < -0.39 is 7.94 Å². The van der Waals surface area contributed by atoms with Gasteiger partial charge in [0.2, 0.25) is 0 Å². The smallest absolute Gasteiger partial charge is 0.377 e. The van der Waals surface area contributed by atoms with Crippen LogP contribution >= 0.6 is 7.94 Å². The lowest BCUT2D eigenvalue weighted by Gasteiger charge is -2.34. The van der Waals surface area contributed by atoms with Crippen molar-refractivity contribution in [2.45, 2.75) is 26.8 Å². The van der Waals surface area contributed by atoms with Crippen molar-refractivity contribution >= 4 is 30.0 Å².